The van der Waals surface area contributed by atoms with Crippen molar-refractivity contribution in [3.63, 3.8) is 0 Å². The maximum atomic E-state index is 5.72. The van der Waals surface area contributed by atoms with Crippen LogP contribution in [0, 0.1) is 0 Å². The number of halogens is 1. The van der Waals surface area contributed by atoms with Crippen LogP contribution in [0.4, 0.5) is 0 Å². The van der Waals surface area contributed by atoms with Crippen LogP contribution in [0.1, 0.15) is 12.5 Å². The van der Waals surface area contributed by atoms with Gasteiger partial charge < -0.3 is 9.47 Å². The Hall–Kier alpha value is -0.380. The summed E-state index contributed by atoms with van der Waals surface area (Å²) in [5, 5.41) is 0. The number of alkyl halides is 1. The SMILES string of the molecule is CC(Br)C1(c2ccccc2)OCCO1. The van der Waals surface area contributed by atoms with Gasteiger partial charge in [0.15, 0.2) is 0 Å². The van der Waals surface area contributed by atoms with Gasteiger partial charge in [-0.05, 0) is 6.92 Å². The minimum absolute atomic E-state index is 0.139. The molecular weight excluding hydrogens is 244 g/mol. The third-order valence-electron chi connectivity index (χ3n) is 2.42. The Morgan fingerprint density at radius 1 is 1.21 bits per heavy atom. The minimum Gasteiger partial charge on any atom is -0.343 e. The van der Waals surface area contributed by atoms with Crippen LogP contribution in [0.25, 0.3) is 0 Å². The van der Waals surface area contributed by atoms with E-state index in [1.165, 1.54) is 0 Å². The first-order valence-corrected chi connectivity index (χ1v) is 5.65. The maximum absolute atomic E-state index is 5.72. The van der Waals surface area contributed by atoms with Crippen molar-refractivity contribution in [1.82, 2.24) is 0 Å². The van der Waals surface area contributed by atoms with Crippen LogP contribution in [0.15, 0.2) is 30.3 Å². The first kappa shape index (κ1) is 10.1. The van der Waals surface area contributed by atoms with Gasteiger partial charge in [0.1, 0.15) is 0 Å². The molecule has 0 saturated carbocycles. The van der Waals surface area contributed by atoms with Crippen LogP contribution >= 0.6 is 15.9 Å². The average Bonchev–Trinajstić information content (AvgIpc) is 2.69. The van der Waals surface area contributed by atoms with E-state index in [1.807, 2.05) is 37.3 Å². The Balaban J connectivity index is 2.36. The fraction of sp³-hybridized carbons (Fsp3) is 0.455. The molecule has 2 nitrogen and oxygen atoms in total. The van der Waals surface area contributed by atoms with Crippen molar-refractivity contribution in [3.05, 3.63) is 35.9 Å². The summed E-state index contributed by atoms with van der Waals surface area (Å²) in [5.74, 6) is -0.596. The lowest BCUT2D eigenvalue weighted by Crippen LogP contribution is -2.35. The Kier molecular flexibility index (Phi) is 2.91. The topological polar surface area (TPSA) is 18.5 Å². The molecule has 0 radical (unpaired) electrons. The van der Waals surface area contributed by atoms with Gasteiger partial charge in [-0.1, -0.05) is 46.3 Å². The second-order valence-corrected chi connectivity index (χ2v) is 4.72. The molecule has 1 fully saturated rings. The highest BCUT2D eigenvalue weighted by atomic mass is 79.9. The van der Waals surface area contributed by atoms with Crippen molar-refractivity contribution >= 4 is 15.9 Å². The highest BCUT2D eigenvalue weighted by Gasteiger charge is 2.42. The summed E-state index contributed by atoms with van der Waals surface area (Å²) in [5.41, 5.74) is 1.07. The van der Waals surface area contributed by atoms with Gasteiger partial charge in [0, 0.05) is 5.56 Å². The molecule has 0 aliphatic carbocycles. The second kappa shape index (κ2) is 4.01. The fourth-order valence-corrected chi connectivity index (χ4v) is 2.25. The molecule has 1 aromatic rings. The Morgan fingerprint density at radius 3 is 2.29 bits per heavy atom. The number of rotatable bonds is 2. The van der Waals surface area contributed by atoms with Crippen LogP contribution in [0.3, 0.4) is 0 Å². The van der Waals surface area contributed by atoms with Crippen LogP contribution in [-0.4, -0.2) is 18.0 Å². The molecule has 0 amide bonds. The molecule has 1 saturated heterocycles. The zero-order valence-electron chi connectivity index (χ0n) is 8.07. The predicted octanol–water partition coefficient (Wildman–Crippen LogP) is 2.67. The fourth-order valence-electron chi connectivity index (χ4n) is 1.72. The summed E-state index contributed by atoms with van der Waals surface area (Å²) < 4.78 is 11.4. The second-order valence-electron chi connectivity index (χ2n) is 3.35. The van der Waals surface area contributed by atoms with Crippen molar-refractivity contribution in [2.24, 2.45) is 0 Å². The van der Waals surface area contributed by atoms with E-state index in [9.17, 15) is 0 Å². The molecule has 14 heavy (non-hydrogen) atoms. The van der Waals surface area contributed by atoms with Crippen molar-refractivity contribution in [2.45, 2.75) is 17.5 Å². The van der Waals surface area contributed by atoms with Crippen LogP contribution < -0.4 is 0 Å². The maximum Gasteiger partial charge on any atom is 0.207 e. The Bertz CT molecular complexity index is 291. The van der Waals surface area contributed by atoms with Gasteiger partial charge in [0.2, 0.25) is 5.79 Å². The Morgan fingerprint density at radius 2 is 1.79 bits per heavy atom. The largest absolute Gasteiger partial charge is 0.343 e. The van der Waals surface area contributed by atoms with E-state index >= 15 is 0 Å². The Labute approximate surface area is 92.3 Å². The van der Waals surface area contributed by atoms with Crippen molar-refractivity contribution in [3.8, 4) is 0 Å². The van der Waals surface area contributed by atoms with E-state index in [-0.39, 0.29) is 4.83 Å². The molecule has 1 unspecified atom stereocenters. The summed E-state index contributed by atoms with van der Waals surface area (Å²) in [6, 6.07) is 10.0. The lowest BCUT2D eigenvalue weighted by Gasteiger charge is -2.30. The molecule has 3 heteroatoms. The number of hydrogen-bond donors (Lipinski definition) is 0. The zero-order valence-corrected chi connectivity index (χ0v) is 9.66. The average molecular weight is 257 g/mol. The molecule has 0 aromatic heterocycles. The van der Waals surface area contributed by atoms with Crippen LogP contribution in [-0.2, 0) is 15.3 Å². The molecule has 0 bridgehead atoms. The van der Waals surface area contributed by atoms with E-state index in [0.29, 0.717) is 13.2 Å². The molecule has 1 aliphatic heterocycles. The number of ether oxygens (including phenoxy) is 2. The first-order valence-electron chi connectivity index (χ1n) is 4.73. The first-order chi connectivity index (χ1) is 6.76. The third-order valence-corrected chi connectivity index (χ3v) is 3.02. The normalized spacial score (nSPS) is 22.1. The van der Waals surface area contributed by atoms with Crippen molar-refractivity contribution in [1.29, 1.82) is 0 Å². The van der Waals surface area contributed by atoms with Gasteiger partial charge in [-0.15, -0.1) is 0 Å². The molecule has 2 rings (SSSR count). The quantitative estimate of drug-likeness (QED) is 0.758. The van der Waals surface area contributed by atoms with Crippen molar-refractivity contribution in [2.75, 3.05) is 13.2 Å². The highest BCUT2D eigenvalue weighted by Crippen LogP contribution is 2.38. The third kappa shape index (κ3) is 1.60. The molecule has 0 spiro atoms. The monoisotopic (exact) mass is 256 g/mol. The molecule has 1 aliphatic rings. The lowest BCUT2D eigenvalue weighted by atomic mass is 10.0. The number of benzene rings is 1. The summed E-state index contributed by atoms with van der Waals surface area (Å²) in [4.78, 5) is 0.139. The van der Waals surface area contributed by atoms with Crippen molar-refractivity contribution < 1.29 is 9.47 Å². The van der Waals surface area contributed by atoms with Gasteiger partial charge in [-0.25, -0.2) is 0 Å². The minimum atomic E-state index is -0.596. The summed E-state index contributed by atoms with van der Waals surface area (Å²) in [6.07, 6.45) is 0. The van der Waals surface area contributed by atoms with Crippen LogP contribution in [0.5, 0.6) is 0 Å². The summed E-state index contributed by atoms with van der Waals surface area (Å²) in [6.45, 7) is 3.36. The smallest absolute Gasteiger partial charge is 0.207 e. The highest BCUT2D eigenvalue weighted by molar-refractivity contribution is 9.09. The zero-order chi connectivity index (χ0) is 10.0. The molecule has 1 heterocycles. The summed E-state index contributed by atoms with van der Waals surface area (Å²) in [7, 11) is 0. The van der Waals surface area contributed by atoms with Gasteiger partial charge >= 0.3 is 0 Å². The molecule has 1 aromatic carbocycles. The van der Waals surface area contributed by atoms with Crippen LogP contribution in [0.2, 0.25) is 0 Å². The number of hydrogen-bond acceptors (Lipinski definition) is 2. The van der Waals surface area contributed by atoms with Gasteiger partial charge in [0.05, 0.1) is 18.0 Å². The molecule has 76 valence electrons. The van der Waals surface area contributed by atoms with E-state index in [0.717, 1.165) is 5.56 Å². The van der Waals surface area contributed by atoms with Gasteiger partial charge in [-0.3, -0.25) is 0 Å². The van der Waals surface area contributed by atoms with E-state index in [2.05, 4.69) is 15.9 Å². The van der Waals surface area contributed by atoms with Gasteiger partial charge in [0.25, 0.3) is 0 Å². The molecule has 1 atom stereocenters. The molecule has 0 N–H and O–H groups in total. The van der Waals surface area contributed by atoms with E-state index < -0.39 is 5.79 Å². The summed E-state index contributed by atoms with van der Waals surface area (Å²) >= 11 is 3.55. The molecular formula is C11H13BrO2. The lowest BCUT2D eigenvalue weighted by molar-refractivity contribution is -0.161. The van der Waals surface area contributed by atoms with E-state index in [4.69, 9.17) is 9.47 Å². The van der Waals surface area contributed by atoms with Gasteiger partial charge in [-0.2, -0.15) is 0 Å². The predicted molar refractivity (Wildman–Crippen MR) is 58.4 cm³/mol. The standard InChI is InChI=1S/C11H13BrO2/c1-9(12)11(13-7-8-14-11)10-5-3-2-4-6-10/h2-6,9H,7-8H2,1H3. The van der Waals surface area contributed by atoms with E-state index in [1.54, 1.807) is 0 Å².